The third kappa shape index (κ3) is 5.22. The molecule has 1 saturated carbocycles. The van der Waals surface area contributed by atoms with Gasteiger partial charge in [0.2, 0.25) is 0 Å². The molecule has 0 atom stereocenters. The van der Waals surface area contributed by atoms with Gasteiger partial charge in [-0.15, -0.1) is 0 Å². The van der Waals surface area contributed by atoms with Crippen LogP contribution in [0.15, 0.2) is 24.3 Å². The summed E-state index contributed by atoms with van der Waals surface area (Å²) in [5, 5.41) is 14.9. The van der Waals surface area contributed by atoms with Crippen molar-refractivity contribution < 1.29 is 14.6 Å². The quantitative estimate of drug-likeness (QED) is 0.690. The summed E-state index contributed by atoms with van der Waals surface area (Å²) in [5.74, 6) is 1.31. The second kappa shape index (κ2) is 7.49. The summed E-state index contributed by atoms with van der Waals surface area (Å²) in [6.45, 7) is 6.02. The number of amides is 2. The molecule has 0 aromatic heterocycles. The molecule has 3 N–H and O–H groups in total. The van der Waals surface area contributed by atoms with E-state index in [1.54, 1.807) is 0 Å². The van der Waals surface area contributed by atoms with Gasteiger partial charge in [-0.05, 0) is 36.5 Å². The van der Waals surface area contributed by atoms with Crippen LogP contribution in [0.2, 0.25) is 0 Å². The zero-order valence-corrected chi connectivity index (χ0v) is 13.4. The fourth-order valence-corrected chi connectivity index (χ4v) is 2.09. The van der Waals surface area contributed by atoms with Crippen molar-refractivity contribution in [3.63, 3.8) is 0 Å². The summed E-state index contributed by atoms with van der Waals surface area (Å²) in [6, 6.07) is 7.55. The fraction of sp³-hybridized carbons (Fsp3) is 0.588. The van der Waals surface area contributed by atoms with Crippen LogP contribution in [0.4, 0.5) is 4.79 Å². The van der Waals surface area contributed by atoms with E-state index in [1.165, 1.54) is 0 Å². The maximum Gasteiger partial charge on any atom is 0.315 e. The summed E-state index contributed by atoms with van der Waals surface area (Å²) >= 11 is 0. The first-order valence-electron chi connectivity index (χ1n) is 7.87. The number of aliphatic hydroxyl groups excluding tert-OH is 1. The van der Waals surface area contributed by atoms with Crippen molar-refractivity contribution in [3.8, 4) is 5.75 Å². The number of benzene rings is 1. The van der Waals surface area contributed by atoms with Crippen molar-refractivity contribution in [2.24, 2.45) is 11.3 Å². The molecule has 2 rings (SSSR count). The number of carbonyl (C=O) groups is 1. The zero-order chi connectivity index (χ0) is 16.0. The molecule has 0 aliphatic heterocycles. The van der Waals surface area contributed by atoms with Gasteiger partial charge in [-0.3, -0.25) is 0 Å². The monoisotopic (exact) mass is 306 g/mol. The molecule has 1 aliphatic rings. The van der Waals surface area contributed by atoms with Gasteiger partial charge in [0.25, 0.3) is 0 Å². The first-order chi connectivity index (χ1) is 10.5. The van der Waals surface area contributed by atoms with Crippen LogP contribution >= 0.6 is 0 Å². The van der Waals surface area contributed by atoms with E-state index in [2.05, 4.69) is 24.5 Å². The van der Waals surface area contributed by atoms with Crippen molar-refractivity contribution in [2.75, 3.05) is 19.8 Å². The normalized spacial score (nSPS) is 15.5. The fourth-order valence-electron chi connectivity index (χ4n) is 2.09. The molecule has 0 unspecified atom stereocenters. The SMILES string of the molecule is CC(C)COc1cccc(CNC(=O)NCC2(CO)CC2)c1. The number of hydrogen-bond acceptors (Lipinski definition) is 3. The number of ether oxygens (including phenoxy) is 1. The molecule has 0 radical (unpaired) electrons. The van der Waals surface area contributed by atoms with Gasteiger partial charge < -0.3 is 20.5 Å². The molecule has 22 heavy (non-hydrogen) atoms. The molecule has 0 bridgehead atoms. The average molecular weight is 306 g/mol. The van der Waals surface area contributed by atoms with Crippen LogP contribution in [-0.2, 0) is 6.54 Å². The minimum absolute atomic E-state index is 0.0675. The number of nitrogens with one attached hydrogen (secondary N) is 2. The van der Waals surface area contributed by atoms with E-state index in [0.717, 1.165) is 24.2 Å². The average Bonchev–Trinajstić information content (AvgIpc) is 3.30. The maximum atomic E-state index is 11.8. The zero-order valence-electron chi connectivity index (χ0n) is 13.4. The van der Waals surface area contributed by atoms with Gasteiger partial charge in [-0.25, -0.2) is 4.79 Å². The molecular weight excluding hydrogens is 280 g/mol. The predicted molar refractivity (Wildman–Crippen MR) is 85.8 cm³/mol. The van der Waals surface area contributed by atoms with Gasteiger partial charge in [-0.2, -0.15) is 0 Å². The first-order valence-corrected chi connectivity index (χ1v) is 7.87. The Labute approximate surface area is 132 Å². The molecule has 5 heteroatoms. The van der Waals surface area contributed by atoms with Crippen LogP contribution in [-0.4, -0.2) is 30.9 Å². The summed E-state index contributed by atoms with van der Waals surface area (Å²) < 4.78 is 5.67. The molecular formula is C17H26N2O3. The standard InChI is InChI=1S/C17H26N2O3/c1-13(2)10-22-15-5-3-4-14(8-15)9-18-16(21)19-11-17(12-20)6-7-17/h3-5,8,13,20H,6-7,9-12H2,1-2H3,(H2,18,19,21). The Morgan fingerprint density at radius 3 is 2.77 bits per heavy atom. The van der Waals surface area contributed by atoms with Crippen LogP contribution in [0.1, 0.15) is 32.3 Å². The van der Waals surface area contributed by atoms with E-state index in [4.69, 9.17) is 4.74 Å². The molecule has 1 aromatic rings. The number of carbonyl (C=O) groups excluding carboxylic acids is 1. The lowest BCUT2D eigenvalue weighted by atomic mass is 10.1. The molecule has 0 heterocycles. The molecule has 0 saturated heterocycles. The van der Waals surface area contributed by atoms with Gasteiger partial charge in [0.15, 0.2) is 0 Å². The van der Waals surface area contributed by atoms with Crippen LogP contribution in [0.3, 0.4) is 0 Å². The van der Waals surface area contributed by atoms with Gasteiger partial charge >= 0.3 is 6.03 Å². The minimum atomic E-state index is -0.201. The smallest absolute Gasteiger partial charge is 0.315 e. The Balaban J connectivity index is 1.73. The Hall–Kier alpha value is -1.75. The molecule has 1 aromatic carbocycles. The number of hydrogen-bond donors (Lipinski definition) is 3. The highest BCUT2D eigenvalue weighted by atomic mass is 16.5. The highest BCUT2D eigenvalue weighted by Gasteiger charge is 2.42. The van der Waals surface area contributed by atoms with Gasteiger partial charge in [0.1, 0.15) is 5.75 Å². The first kappa shape index (κ1) is 16.6. The second-order valence-electron chi connectivity index (χ2n) is 6.55. The van der Waals surface area contributed by atoms with Crippen molar-refractivity contribution in [2.45, 2.75) is 33.2 Å². The van der Waals surface area contributed by atoms with Crippen LogP contribution in [0.5, 0.6) is 5.75 Å². The summed E-state index contributed by atoms with van der Waals surface area (Å²) in [4.78, 5) is 11.8. The predicted octanol–water partition coefficient (Wildman–Crippen LogP) is 2.29. The third-order valence-corrected chi connectivity index (χ3v) is 3.85. The minimum Gasteiger partial charge on any atom is -0.493 e. The Kier molecular flexibility index (Phi) is 5.66. The van der Waals surface area contributed by atoms with Crippen LogP contribution in [0, 0.1) is 11.3 Å². The van der Waals surface area contributed by atoms with E-state index in [9.17, 15) is 9.90 Å². The number of aliphatic hydroxyl groups is 1. The number of urea groups is 1. The topological polar surface area (TPSA) is 70.6 Å². The third-order valence-electron chi connectivity index (χ3n) is 3.85. The molecule has 1 aliphatic carbocycles. The van der Waals surface area contributed by atoms with Crippen LogP contribution in [0.25, 0.3) is 0 Å². The Morgan fingerprint density at radius 1 is 1.36 bits per heavy atom. The van der Waals surface area contributed by atoms with E-state index < -0.39 is 0 Å². The Morgan fingerprint density at radius 2 is 2.14 bits per heavy atom. The molecule has 0 spiro atoms. The van der Waals surface area contributed by atoms with Crippen molar-refractivity contribution >= 4 is 6.03 Å². The van der Waals surface area contributed by atoms with Crippen molar-refractivity contribution in [1.29, 1.82) is 0 Å². The highest BCUT2D eigenvalue weighted by molar-refractivity contribution is 5.73. The number of rotatable bonds is 8. The lowest BCUT2D eigenvalue weighted by Crippen LogP contribution is -2.39. The summed E-state index contributed by atoms with van der Waals surface area (Å²) in [6.07, 6.45) is 1.97. The van der Waals surface area contributed by atoms with Gasteiger partial charge in [0, 0.05) is 18.5 Å². The second-order valence-corrected chi connectivity index (χ2v) is 6.55. The maximum absolute atomic E-state index is 11.8. The highest BCUT2D eigenvalue weighted by Crippen LogP contribution is 2.44. The van der Waals surface area contributed by atoms with E-state index in [1.807, 2.05) is 24.3 Å². The Bertz CT molecular complexity index is 498. The van der Waals surface area contributed by atoms with Crippen LogP contribution < -0.4 is 15.4 Å². The lowest BCUT2D eigenvalue weighted by Gasteiger charge is -2.14. The van der Waals surface area contributed by atoms with Gasteiger partial charge in [0.05, 0.1) is 13.2 Å². The summed E-state index contributed by atoms with van der Waals surface area (Å²) in [7, 11) is 0. The molecule has 5 nitrogen and oxygen atoms in total. The molecule has 122 valence electrons. The largest absolute Gasteiger partial charge is 0.493 e. The molecule has 2 amide bonds. The lowest BCUT2D eigenvalue weighted by molar-refractivity contribution is 0.203. The van der Waals surface area contributed by atoms with Gasteiger partial charge in [-0.1, -0.05) is 26.0 Å². The van der Waals surface area contributed by atoms with E-state index >= 15 is 0 Å². The molecule has 1 fully saturated rings. The van der Waals surface area contributed by atoms with E-state index in [0.29, 0.717) is 25.6 Å². The van der Waals surface area contributed by atoms with E-state index in [-0.39, 0.29) is 18.1 Å². The summed E-state index contributed by atoms with van der Waals surface area (Å²) in [5.41, 5.74) is 0.932. The van der Waals surface area contributed by atoms with Crippen molar-refractivity contribution in [3.05, 3.63) is 29.8 Å². The van der Waals surface area contributed by atoms with Crippen molar-refractivity contribution in [1.82, 2.24) is 10.6 Å².